The van der Waals surface area contributed by atoms with E-state index in [4.69, 9.17) is 5.26 Å². The fourth-order valence-electron chi connectivity index (χ4n) is 2.00. The molecule has 0 saturated heterocycles. The number of nitrogens with zero attached hydrogens (tertiary/aromatic N) is 4. The van der Waals surface area contributed by atoms with Crippen molar-refractivity contribution in [3.63, 3.8) is 0 Å². The van der Waals surface area contributed by atoms with Crippen LogP contribution in [-0.2, 0) is 0 Å². The summed E-state index contributed by atoms with van der Waals surface area (Å²) >= 11 is 0. The Morgan fingerprint density at radius 2 is 2.11 bits per heavy atom. The Kier molecular flexibility index (Phi) is 2.31. The molecule has 3 heterocycles. The lowest BCUT2D eigenvalue weighted by molar-refractivity contribution is 1.16. The zero-order chi connectivity index (χ0) is 12.5. The molecule has 0 N–H and O–H groups in total. The van der Waals surface area contributed by atoms with Gasteiger partial charge in [0.2, 0.25) is 0 Å². The van der Waals surface area contributed by atoms with Gasteiger partial charge in [-0.1, -0.05) is 0 Å². The normalized spacial score (nSPS) is 10.4. The molecule has 0 fully saturated rings. The maximum Gasteiger partial charge on any atom is 0.140 e. The molecule has 0 aliphatic carbocycles. The molecule has 0 amide bonds. The summed E-state index contributed by atoms with van der Waals surface area (Å²) < 4.78 is 1.99. The van der Waals surface area contributed by atoms with Gasteiger partial charge in [0.1, 0.15) is 17.4 Å². The first-order valence-corrected chi connectivity index (χ1v) is 5.58. The van der Waals surface area contributed by atoms with Crippen LogP contribution in [0.4, 0.5) is 0 Å². The van der Waals surface area contributed by atoms with E-state index in [2.05, 4.69) is 16.0 Å². The van der Waals surface area contributed by atoms with Crippen LogP contribution in [0.3, 0.4) is 0 Å². The SMILES string of the molecule is Cc1cc(-c2ccc(C#N)nc2)cn2ccnc12. The molecule has 0 aliphatic rings. The van der Waals surface area contributed by atoms with Crippen LogP contribution < -0.4 is 0 Å². The Labute approximate surface area is 104 Å². The van der Waals surface area contributed by atoms with Crippen LogP contribution in [0.15, 0.2) is 43.0 Å². The molecule has 0 radical (unpaired) electrons. The van der Waals surface area contributed by atoms with Crippen LogP contribution in [0.5, 0.6) is 0 Å². The predicted octanol–water partition coefficient (Wildman–Crippen LogP) is 2.58. The number of pyridine rings is 2. The van der Waals surface area contributed by atoms with Gasteiger partial charge in [0.05, 0.1) is 0 Å². The lowest BCUT2D eigenvalue weighted by Crippen LogP contribution is -1.91. The molecule has 3 aromatic heterocycles. The van der Waals surface area contributed by atoms with Gasteiger partial charge in [0.25, 0.3) is 0 Å². The second-order valence-corrected chi connectivity index (χ2v) is 4.11. The van der Waals surface area contributed by atoms with E-state index in [1.54, 1.807) is 18.5 Å². The van der Waals surface area contributed by atoms with Crippen LogP contribution in [0.2, 0.25) is 0 Å². The number of hydrogen-bond acceptors (Lipinski definition) is 3. The molecule has 86 valence electrons. The standard InChI is InChI=1S/C14H10N4/c1-10-6-12(9-18-5-4-16-14(10)18)11-2-3-13(7-15)17-8-11/h2-6,8-9H,1H3. The highest BCUT2D eigenvalue weighted by atomic mass is 15.0. The van der Waals surface area contributed by atoms with Crippen LogP contribution in [0, 0.1) is 18.3 Å². The first kappa shape index (κ1) is 10.5. The third-order valence-electron chi connectivity index (χ3n) is 2.88. The quantitative estimate of drug-likeness (QED) is 0.650. The number of aromatic nitrogens is 3. The number of imidazole rings is 1. The third kappa shape index (κ3) is 1.62. The van der Waals surface area contributed by atoms with Crippen molar-refractivity contribution in [1.82, 2.24) is 14.4 Å². The van der Waals surface area contributed by atoms with Crippen molar-refractivity contribution < 1.29 is 0 Å². The molecule has 4 heteroatoms. The van der Waals surface area contributed by atoms with Gasteiger partial charge in [0, 0.05) is 35.9 Å². The summed E-state index contributed by atoms with van der Waals surface area (Å²) in [4.78, 5) is 8.37. The molecule has 3 aromatic rings. The van der Waals surface area contributed by atoms with Gasteiger partial charge < -0.3 is 4.40 Å². The second-order valence-electron chi connectivity index (χ2n) is 4.11. The van der Waals surface area contributed by atoms with Crippen LogP contribution in [0.1, 0.15) is 11.3 Å². The largest absolute Gasteiger partial charge is 0.306 e. The minimum absolute atomic E-state index is 0.430. The van der Waals surface area contributed by atoms with Crippen molar-refractivity contribution in [1.29, 1.82) is 5.26 Å². The lowest BCUT2D eigenvalue weighted by Gasteiger charge is -2.05. The Morgan fingerprint density at radius 1 is 1.22 bits per heavy atom. The Hall–Kier alpha value is -2.67. The van der Waals surface area contributed by atoms with Crippen molar-refractivity contribution in [3.05, 3.63) is 54.2 Å². The summed E-state index contributed by atoms with van der Waals surface area (Å²) in [6.07, 6.45) is 7.43. The van der Waals surface area contributed by atoms with Crippen LogP contribution >= 0.6 is 0 Å². The number of aryl methyl sites for hydroxylation is 1. The van der Waals surface area contributed by atoms with Gasteiger partial charge in [-0.2, -0.15) is 5.26 Å². The zero-order valence-corrected chi connectivity index (χ0v) is 9.83. The molecule has 4 nitrogen and oxygen atoms in total. The van der Waals surface area contributed by atoms with Gasteiger partial charge in [-0.3, -0.25) is 0 Å². The van der Waals surface area contributed by atoms with Crippen molar-refractivity contribution in [3.8, 4) is 17.2 Å². The number of rotatable bonds is 1. The fraction of sp³-hybridized carbons (Fsp3) is 0.0714. The second kappa shape index (κ2) is 3.97. The Morgan fingerprint density at radius 3 is 2.83 bits per heavy atom. The summed E-state index contributed by atoms with van der Waals surface area (Å²) in [5.41, 5.74) is 4.56. The molecule has 0 saturated carbocycles. The predicted molar refractivity (Wildman–Crippen MR) is 67.9 cm³/mol. The van der Waals surface area contributed by atoms with E-state index < -0.39 is 0 Å². The first-order valence-electron chi connectivity index (χ1n) is 5.58. The van der Waals surface area contributed by atoms with Crippen molar-refractivity contribution >= 4 is 5.65 Å². The third-order valence-corrected chi connectivity index (χ3v) is 2.88. The van der Waals surface area contributed by atoms with Crippen LogP contribution in [0.25, 0.3) is 16.8 Å². The average molecular weight is 234 g/mol. The maximum absolute atomic E-state index is 8.73. The highest BCUT2D eigenvalue weighted by Crippen LogP contribution is 2.21. The molecule has 3 rings (SSSR count). The van der Waals surface area contributed by atoms with E-state index in [-0.39, 0.29) is 0 Å². The first-order chi connectivity index (χ1) is 8.78. The molecular formula is C14H10N4. The molecule has 0 spiro atoms. The summed E-state index contributed by atoms with van der Waals surface area (Å²) in [5, 5.41) is 8.73. The number of fused-ring (bicyclic) bond motifs is 1. The lowest BCUT2D eigenvalue weighted by atomic mass is 10.1. The Balaban J connectivity index is 2.15. The van der Waals surface area contributed by atoms with Gasteiger partial charge >= 0.3 is 0 Å². The summed E-state index contributed by atoms with van der Waals surface area (Å²) in [6.45, 7) is 2.03. The highest BCUT2D eigenvalue weighted by molar-refractivity contribution is 5.66. The molecular weight excluding hydrogens is 224 g/mol. The van der Waals surface area contributed by atoms with Crippen LogP contribution in [-0.4, -0.2) is 14.4 Å². The molecule has 18 heavy (non-hydrogen) atoms. The molecule has 0 aliphatic heterocycles. The van der Waals surface area contributed by atoms with Gasteiger partial charge in [0.15, 0.2) is 0 Å². The van der Waals surface area contributed by atoms with E-state index in [9.17, 15) is 0 Å². The van der Waals surface area contributed by atoms with Crippen molar-refractivity contribution in [2.24, 2.45) is 0 Å². The highest BCUT2D eigenvalue weighted by Gasteiger charge is 2.04. The number of hydrogen-bond donors (Lipinski definition) is 0. The summed E-state index contributed by atoms with van der Waals surface area (Å²) in [6, 6.07) is 7.72. The molecule has 0 aromatic carbocycles. The monoisotopic (exact) mass is 234 g/mol. The number of nitriles is 1. The van der Waals surface area contributed by atoms with E-state index in [0.717, 1.165) is 22.3 Å². The molecule has 0 atom stereocenters. The zero-order valence-electron chi connectivity index (χ0n) is 9.83. The molecule has 0 unspecified atom stereocenters. The molecule has 0 bridgehead atoms. The fourth-order valence-corrected chi connectivity index (χ4v) is 2.00. The van der Waals surface area contributed by atoms with E-state index in [1.807, 2.05) is 35.9 Å². The van der Waals surface area contributed by atoms with Gasteiger partial charge in [-0.15, -0.1) is 0 Å². The van der Waals surface area contributed by atoms with E-state index in [0.29, 0.717) is 5.69 Å². The van der Waals surface area contributed by atoms with E-state index >= 15 is 0 Å². The summed E-state index contributed by atoms with van der Waals surface area (Å²) in [7, 11) is 0. The van der Waals surface area contributed by atoms with Crippen molar-refractivity contribution in [2.45, 2.75) is 6.92 Å². The van der Waals surface area contributed by atoms with Crippen molar-refractivity contribution in [2.75, 3.05) is 0 Å². The topological polar surface area (TPSA) is 54.0 Å². The van der Waals surface area contributed by atoms with Gasteiger partial charge in [-0.05, 0) is 30.7 Å². The smallest absolute Gasteiger partial charge is 0.140 e. The van der Waals surface area contributed by atoms with Gasteiger partial charge in [-0.25, -0.2) is 9.97 Å². The minimum Gasteiger partial charge on any atom is -0.306 e. The minimum atomic E-state index is 0.430. The average Bonchev–Trinajstić information content (AvgIpc) is 2.88. The Bertz CT molecular complexity index is 748. The van der Waals surface area contributed by atoms with E-state index in [1.165, 1.54) is 0 Å². The maximum atomic E-state index is 8.73. The summed E-state index contributed by atoms with van der Waals surface area (Å²) in [5.74, 6) is 0.